The fourth-order valence-corrected chi connectivity index (χ4v) is 1.27. The van der Waals surface area contributed by atoms with Gasteiger partial charge in [0.1, 0.15) is 5.54 Å². The Bertz CT molecular complexity index is 243. The first-order valence-electron chi connectivity index (χ1n) is 6.15. The van der Waals surface area contributed by atoms with E-state index in [4.69, 9.17) is 14.7 Å². The Kier molecular flexibility index (Phi) is 7.37. The Morgan fingerprint density at radius 1 is 1.12 bits per heavy atom. The molecule has 0 aliphatic rings. The van der Waals surface area contributed by atoms with Crippen molar-refractivity contribution < 1.29 is 9.47 Å². The summed E-state index contributed by atoms with van der Waals surface area (Å²) in [6.07, 6.45) is 1.67. The molecule has 0 fully saturated rings. The van der Waals surface area contributed by atoms with E-state index < -0.39 is 5.54 Å². The topological polar surface area (TPSA) is 54.3 Å². The number of rotatable bonds is 8. The monoisotopic (exact) mass is 242 g/mol. The van der Waals surface area contributed by atoms with E-state index in [0.717, 1.165) is 12.8 Å². The lowest BCUT2D eigenvalue weighted by Gasteiger charge is -2.21. The molecular weight excluding hydrogens is 216 g/mol. The zero-order valence-electron chi connectivity index (χ0n) is 11.8. The van der Waals surface area contributed by atoms with Crippen LogP contribution in [-0.2, 0) is 9.47 Å². The minimum Gasteiger partial charge on any atom is -0.379 e. The van der Waals surface area contributed by atoms with Crippen LogP contribution < -0.4 is 5.32 Å². The molecule has 4 heteroatoms. The van der Waals surface area contributed by atoms with E-state index in [1.165, 1.54) is 0 Å². The third-order valence-corrected chi connectivity index (χ3v) is 2.53. The molecule has 0 aromatic carbocycles. The normalized spacial score (nSPS) is 15.3. The lowest BCUT2D eigenvalue weighted by molar-refractivity contribution is -0.0353. The second kappa shape index (κ2) is 7.65. The molecule has 0 bridgehead atoms. The Hall–Kier alpha value is -0.630. The van der Waals surface area contributed by atoms with Crippen LogP contribution in [0, 0.1) is 11.3 Å². The summed E-state index contributed by atoms with van der Waals surface area (Å²) in [6, 6.07) is 2.26. The molecule has 0 spiro atoms. The van der Waals surface area contributed by atoms with Crippen LogP contribution in [0.25, 0.3) is 0 Å². The predicted octanol–water partition coefficient (Wildman–Crippen LogP) is 2.10. The van der Waals surface area contributed by atoms with Crippen molar-refractivity contribution in [1.82, 2.24) is 5.32 Å². The maximum Gasteiger partial charge on any atom is 0.103 e. The third kappa shape index (κ3) is 9.11. The van der Waals surface area contributed by atoms with Gasteiger partial charge >= 0.3 is 0 Å². The smallest absolute Gasteiger partial charge is 0.103 e. The molecule has 1 atom stereocenters. The van der Waals surface area contributed by atoms with Gasteiger partial charge in [-0.05, 0) is 47.6 Å². The average molecular weight is 242 g/mol. The largest absolute Gasteiger partial charge is 0.379 e. The number of hydrogen-bond acceptors (Lipinski definition) is 4. The molecule has 0 amide bonds. The Balaban J connectivity index is 3.45. The van der Waals surface area contributed by atoms with Crippen molar-refractivity contribution in [2.45, 2.75) is 51.7 Å². The van der Waals surface area contributed by atoms with Crippen molar-refractivity contribution in [2.24, 2.45) is 0 Å². The highest BCUT2D eigenvalue weighted by Gasteiger charge is 2.19. The number of ether oxygens (including phenoxy) is 2. The lowest BCUT2D eigenvalue weighted by atomic mass is 9.98. The van der Waals surface area contributed by atoms with Crippen molar-refractivity contribution in [3.63, 3.8) is 0 Å². The second-order valence-electron chi connectivity index (χ2n) is 5.37. The SMILES string of the molecule is CNC(C)(C#N)CCCOCCOC(C)(C)C. The van der Waals surface area contributed by atoms with E-state index in [1.54, 1.807) is 7.05 Å². The van der Waals surface area contributed by atoms with Crippen LogP contribution >= 0.6 is 0 Å². The van der Waals surface area contributed by atoms with Gasteiger partial charge in [-0.25, -0.2) is 0 Å². The van der Waals surface area contributed by atoms with Crippen molar-refractivity contribution in [3.05, 3.63) is 0 Å². The van der Waals surface area contributed by atoms with Crippen molar-refractivity contribution in [1.29, 1.82) is 5.26 Å². The van der Waals surface area contributed by atoms with Crippen LogP contribution in [-0.4, -0.2) is 38.0 Å². The van der Waals surface area contributed by atoms with E-state index in [1.807, 2.05) is 27.7 Å². The molecule has 0 aromatic heterocycles. The van der Waals surface area contributed by atoms with Crippen LogP contribution in [0.5, 0.6) is 0 Å². The third-order valence-electron chi connectivity index (χ3n) is 2.53. The van der Waals surface area contributed by atoms with Crippen molar-refractivity contribution in [3.8, 4) is 6.07 Å². The van der Waals surface area contributed by atoms with E-state index in [9.17, 15) is 0 Å². The highest BCUT2D eigenvalue weighted by Crippen LogP contribution is 2.10. The van der Waals surface area contributed by atoms with Gasteiger partial charge in [-0.15, -0.1) is 0 Å². The van der Waals surface area contributed by atoms with Gasteiger partial charge in [0.05, 0.1) is 24.9 Å². The molecule has 0 aliphatic heterocycles. The van der Waals surface area contributed by atoms with E-state index in [0.29, 0.717) is 19.8 Å². The van der Waals surface area contributed by atoms with Gasteiger partial charge in [0, 0.05) is 6.61 Å². The Morgan fingerprint density at radius 2 is 1.76 bits per heavy atom. The highest BCUT2D eigenvalue weighted by atomic mass is 16.5. The van der Waals surface area contributed by atoms with Gasteiger partial charge in [0.25, 0.3) is 0 Å². The van der Waals surface area contributed by atoms with Crippen LogP contribution in [0.4, 0.5) is 0 Å². The summed E-state index contributed by atoms with van der Waals surface area (Å²) in [4.78, 5) is 0. The average Bonchev–Trinajstić information content (AvgIpc) is 2.26. The molecule has 0 heterocycles. The van der Waals surface area contributed by atoms with Crippen LogP contribution in [0.3, 0.4) is 0 Å². The quantitative estimate of drug-likeness (QED) is 0.662. The Morgan fingerprint density at radius 3 is 2.24 bits per heavy atom. The second-order valence-corrected chi connectivity index (χ2v) is 5.37. The maximum absolute atomic E-state index is 8.94. The van der Waals surface area contributed by atoms with E-state index >= 15 is 0 Å². The van der Waals surface area contributed by atoms with E-state index in [2.05, 4.69) is 11.4 Å². The van der Waals surface area contributed by atoms with Gasteiger partial charge in [-0.3, -0.25) is 0 Å². The lowest BCUT2D eigenvalue weighted by Crippen LogP contribution is -2.38. The van der Waals surface area contributed by atoms with Crippen molar-refractivity contribution >= 4 is 0 Å². The molecule has 17 heavy (non-hydrogen) atoms. The van der Waals surface area contributed by atoms with Crippen LogP contribution in [0.15, 0.2) is 0 Å². The summed E-state index contributed by atoms with van der Waals surface area (Å²) in [5, 5.41) is 12.0. The van der Waals surface area contributed by atoms with Gasteiger partial charge < -0.3 is 14.8 Å². The van der Waals surface area contributed by atoms with Crippen LogP contribution in [0.2, 0.25) is 0 Å². The van der Waals surface area contributed by atoms with Crippen molar-refractivity contribution in [2.75, 3.05) is 26.9 Å². The van der Waals surface area contributed by atoms with Gasteiger partial charge in [-0.2, -0.15) is 5.26 Å². The molecule has 0 radical (unpaired) electrons. The molecule has 1 unspecified atom stereocenters. The Labute approximate surface area is 105 Å². The first-order chi connectivity index (χ1) is 7.83. The molecule has 0 rings (SSSR count). The fourth-order valence-electron chi connectivity index (χ4n) is 1.27. The standard InChI is InChI=1S/C13H26N2O2/c1-12(2,3)17-10-9-16-8-6-7-13(4,11-14)15-5/h15H,6-10H2,1-5H3. The molecule has 100 valence electrons. The molecule has 0 saturated heterocycles. The minimum absolute atomic E-state index is 0.102. The molecule has 4 nitrogen and oxygen atoms in total. The first kappa shape index (κ1) is 16.4. The molecule has 1 N–H and O–H groups in total. The summed E-state index contributed by atoms with van der Waals surface area (Å²) in [5.41, 5.74) is -0.542. The number of nitrogens with zero attached hydrogens (tertiary/aromatic N) is 1. The minimum atomic E-state index is -0.439. The first-order valence-corrected chi connectivity index (χ1v) is 6.15. The zero-order chi connectivity index (χ0) is 13.4. The zero-order valence-corrected chi connectivity index (χ0v) is 11.8. The van der Waals surface area contributed by atoms with Gasteiger partial charge in [0.15, 0.2) is 0 Å². The molecule has 0 aliphatic carbocycles. The highest BCUT2D eigenvalue weighted by molar-refractivity contribution is 5.02. The van der Waals surface area contributed by atoms with Crippen LogP contribution in [0.1, 0.15) is 40.5 Å². The van der Waals surface area contributed by atoms with E-state index in [-0.39, 0.29) is 5.60 Å². The predicted molar refractivity (Wildman–Crippen MR) is 68.8 cm³/mol. The molecule has 0 saturated carbocycles. The number of nitriles is 1. The summed E-state index contributed by atoms with van der Waals surface area (Å²) < 4.78 is 11.0. The maximum atomic E-state index is 8.94. The summed E-state index contributed by atoms with van der Waals surface area (Å²) >= 11 is 0. The number of hydrogen-bond donors (Lipinski definition) is 1. The fraction of sp³-hybridized carbons (Fsp3) is 0.923. The summed E-state index contributed by atoms with van der Waals surface area (Å²) in [6.45, 7) is 9.88. The number of nitrogens with one attached hydrogen (secondary N) is 1. The summed E-state index contributed by atoms with van der Waals surface area (Å²) in [7, 11) is 1.81. The summed E-state index contributed by atoms with van der Waals surface area (Å²) in [5.74, 6) is 0. The van der Waals surface area contributed by atoms with Gasteiger partial charge in [-0.1, -0.05) is 0 Å². The molecule has 0 aromatic rings. The van der Waals surface area contributed by atoms with Gasteiger partial charge in [0.2, 0.25) is 0 Å². The molecular formula is C13H26N2O2.